The zero-order chi connectivity index (χ0) is 14.0. The molecule has 0 aromatic heterocycles. The van der Waals surface area contributed by atoms with Crippen molar-refractivity contribution in [2.24, 2.45) is 11.3 Å². The quantitative estimate of drug-likeness (QED) is 0.786. The van der Waals surface area contributed by atoms with Crippen LogP contribution in [0.4, 0.5) is 13.2 Å². The van der Waals surface area contributed by atoms with Crippen LogP contribution < -0.4 is 0 Å². The molecule has 1 aliphatic carbocycles. The van der Waals surface area contributed by atoms with Crippen molar-refractivity contribution in [1.29, 1.82) is 0 Å². The van der Waals surface area contributed by atoms with Gasteiger partial charge in [-0.3, -0.25) is 0 Å². The summed E-state index contributed by atoms with van der Waals surface area (Å²) >= 11 is 0. The zero-order valence-electron chi connectivity index (χ0n) is 11.6. The Morgan fingerprint density at radius 3 is 2.00 bits per heavy atom. The SMILES string of the molecule is CC(C)(C)C1CCC(O)(CCCC(F)(F)F)CC1. The molecule has 1 fully saturated rings. The Balaban J connectivity index is 2.36. The van der Waals surface area contributed by atoms with Gasteiger partial charge in [0.15, 0.2) is 0 Å². The molecular formula is C14H25F3O. The first-order chi connectivity index (χ1) is 8.02. The van der Waals surface area contributed by atoms with Gasteiger partial charge in [-0.2, -0.15) is 13.2 Å². The first-order valence-corrected chi connectivity index (χ1v) is 6.81. The van der Waals surface area contributed by atoms with Crippen molar-refractivity contribution in [3.05, 3.63) is 0 Å². The monoisotopic (exact) mass is 266 g/mol. The number of hydrogen-bond acceptors (Lipinski definition) is 1. The standard InChI is InChI=1S/C14H25F3O/c1-12(2,3)11-5-9-13(18,10-6-11)7-4-8-14(15,16)17/h11,18H,4-10H2,1-3H3. The summed E-state index contributed by atoms with van der Waals surface area (Å²) in [6.07, 6.45) is -1.42. The van der Waals surface area contributed by atoms with Crippen molar-refractivity contribution in [3.63, 3.8) is 0 Å². The lowest BCUT2D eigenvalue weighted by Gasteiger charge is -2.41. The molecule has 0 aliphatic heterocycles. The number of rotatable bonds is 3. The molecule has 1 N–H and O–H groups in total. The summed E-state index contributed by atoms with van der Waals surface area (Å²) in [5.74, 6) is 0.570. The van der Waals surface area contributed by atoms with Crippen molar-refractivity contribution in [3.8, 4) is 0 Å². The summed E-state index contributed by atoms with van der Waals surface area (Å²) in [5.41, 5.74) is -0.625. The molecule has 0 unspecified atom stereocenters. The van der Waals surface area contributed by atoms with E-state index in [4.69, 9.17) is 0 Å². The molecule has 18 heavy (non-hydrogen) atoms. The van der Waals surface area contributed by atoms with Gasteiger partial charge in [-0.1, -0.05) is 20.8 Å². The van der Waals surface area contributed by atoms with Crippen molar-refractivity contribution in [2.45, 2.75) is 77.5 Å². The lowest BCUT2D eigenvalue weighted by atomic mass is 9.67. The van der Waals surface area contributed by atoms with E-state index in [2.05, 4.69) is 20.8 Å². The Morgan fingerprint density at radius 1 is 1.11 bits per heavy atom. The predicted molar refractivity (Wildman–Crippen MR) is 66.3 cm³/mol. The molecule has 0 heterocycles. The minimum absolute atomic E-state index is 0.0418. The Kier molecular flexibility index (Phi) is 4.74. The highest BCUT2D eigenvalue weighted by Gasteiger charge is 2.37. The van der Waals surface area contributed by atoms with Crippen molar-refractivity contribution < 1.29 is 18.3 Å². The van der Waals surface area contributed by atoms with E-state index >= 15 is 0 Å². The molecule has 1 rings (SSSR count). The van der Waals surface area contributed by atoms with Crippen molar-refractivity contribution >= 4 is 0 Å². The average Bonchev–Trinajstić information content (AvgIpc) is 2.14. The number of alkyl halides is 3. The fraction of sp³-hybridized carbons (Fsp3) is 1.00. The molecule has 0 aromatic rings. The summed E-state index contributed by atoms with van der Waals surface area (Å²) in [6.45, 7) is 6.56. The van der Waals surface area contributed by atoms with E-state index < -0.39 is 18.2 Å². The Labute approximate surface area is 108 Å². The van der Waals surface area contributed by atoms with E-state index in [9.17, 15) is 18.3 Å². The molecule has 1 aliphatic rings. The van der Waals surface area contributed by atoms with Gasteiger partial charge in [-0.25, -0.2) is 0 Å². The largest absolute Gasteiger partial charge is 0.390 e. The summed E-state index contributed by atoms with van der Waals surface area (Å²) in [7, 11) is 0. The lowest BCUT2D eigenvalue weighted by molar-refractivity contribution is -0.139. The zero-order valence-corrected chi connectivity index (χ0v) is 11.6. The van der Waals surface area contributed by atoms with Gasteiger partial charge in [-0.15, -0.1) is 0 Å². The molecular weight excluding hydrogens is 241 g/mol. The second-order valence-corrected chi connectivity index (χ2v) is 6.83. The third-order valence-electron chi connectivity index (χ3n) is 4.24. The first kappa shape index (κ1) is 15.8. The number of hydrogen-bond donors (Lipinski definition) is 1. The van der Waals surface area contributed by atoms with E-state index in [0.29, 0.717) is 18.8 Å². The fourth-order valence-corrected chi connectivity index (χ4v) is 2.89. The molecule has 0 bridgehead atoms. The van der Waals surface area contributed by atoms with E-state index in [0.717, 1.165) is 12.8 Å². The molecule has 0 saturated heterocycles. The van der Waals surface area contributed by atoms with Crippen LogP contribution in [0.15, 0.2) is 0 Å². The van der Waals surface area contributed by atoms with Crippen LogP contribution in [0.2, 0.25) is 0 Å². The van der Waals surface area contributed by atoms with Gasteiger partial charge in [0.05, 0.1) is 5.60 Å². The van der Waals surface area contributed by atoms with Crippen LogP contribution in [0.5, 0.6) is 0 Å². The highest BCUT2D eigenvalue weighted by atomic mass is 19.4. The van der Waals surface area contributed by atoms with Gasteiger partial charge in [-0.05, 0) is 49.9 Å². The summed E-state index contributed by atoms with van der Waals surface area (Å²) in [5, 5.41) is 10.3. The molecule has 0 spiro atoms. The summed E-state index contributed by atoms with van der Waals surface area (Å²) in [6, 6.07) is 0. The van der Waals surface area contributed by atoms with E-state index in [1.165, 1.54) is 0 Å². The van der Waals surface area contributed by atoms with Crippen LogP contribution in [0, 0.1) is 11.3 Å². The Hall–Kier alpha value is -0.250. The second kappa shape index (κ2) is 5.40. The molecule has 0 atom stereocenters. The van der Waals surface area contributed by atoms with E-state index in [-0.39, 0.29) is 18.3 Å². The van der Waals surface area contributed by atoms with Gasteiger partial charge in [0.2, 0.25) is 0 Å². The summed E-state index contributed by atoms with van der Waals surface area (Å²) < 4.78 is 36.2. The molecule has 0 radical (unpaired) electrons. The van der Waals surface area contributed by atoms with Gasteiger partial charge < -0.3 is 5.11 Å². The maximum atomic E-state index is 12.1. The van der Waals surface area contributed by atoms with Crippen LogP contribution in [-0.2, 0) is 0 Å². The van der Waals surface area contributed by atoms with Gasteiger partial charge in [0, 0.05) is 6.42 Å². The highest BCUT2D eigenvalue weighted by molar-refractivity contribution is 4.89. The third-order valence-corrected chi connectivity index (χ3v) is 4.24. The average molecular weight is 266 g/mol. The van der Waals surface area contributed by atoms with Gasteiger partial charge in [0.25, 0.3) is 0 Å². The topological polar surface area (TPSA) is 20.2 Å². The maximum Gasteiger partial charge on any atom is 0.389 e. The van der Waals surface area contributed by atoms with Crippen LogP contribution in [0.25, 0.3) is 0 Å². The van der Waals surface area contributed by atoms with Crippen molar-refractivity contribution in [1.82, 2.24) is 0 Å². The normalized spacial score (nSPS) is 30.5. The molecule has 0 aromatic carbocycles. The molecule has 0 amide bonds. The third kappa shape index (κ3) is 5.17. The molecule has 4 heteroatoms. The minimum atomic E-state index is -4.10. The van der Waals surface area contributed by atoms with Crippen LogP contribution in [-0.4, -0.2) is 16.9 Å². The van der Waals surface area contributed by atoms with Crippen LogP contribution in [0.1, 0.15) is 65.7 Å². The first-order valence-electron chi connectivity index (χ1n) is 6.81. The predicted octanol–water partition coefficient (Wildman–Crippen LogP) is 4.69. The minimum Gasteiger partial charge on any atom is -0.390 e. The molecule has 1 nitrogen and oxygen atoms in total. The molecule has 108 valence electrons. The van der Waals surface area contributed by atoms with E-state index in [1.54, 1.807) is 0 Å². The number of halogens is 3. The number of aliphatic hydroxyl groups is 1. The smallest absolute Gasteiger partial charge is 0.389 e. The lowest BCUT2D eigenvalue weighted by Crippen LogP contribution is -2.37. The molecule has 1 saturated carbocycles. The fourth-order valence-electron chi connectivity index (χ4n) is 2.89. The Bertz CT molecular complexity index is 252. The summed E-state index contributed by atoms with van der Waals surface area (Å²) in [4.78, 5) is 0. The van der Waals surface area contributed by atoms with Crippen LogP contribution in [0.3, 0.4) is 0 Å². The van der Waals surface area contributed by atoms with Crippen LogP contribution >= 0.6 is 0 Å². The highest BCUT2D eigenvalue weighted by Crippen LogP contribution is 2.43. The Morgan fingerprint density at radius 2 is 1.61 bits per heavy atom. The second-order valence-electron chi connectivity index (χ2n) is 6.83. The van der Waals surface area contributed by atoms with Crippen molar-refractivity contribution in [2.75, 3.05) is 0 Å². The van der Waals surface area contributed by atoms with Gasteiger partial charge >= 0.3 is 6.18 Å². The maximum absolute atomic E-state index is 12.1. The van der Waals surface area contributed by atoms with Gasteiger partial charge in [0.1, 0.15) is 0 Å². The van der Waals surface area contributed by atoms with E-state index in [1.807, 2.05) is 0 Å².